The average molecular weight is 435 g/mol. The Morgan fingerprint density at radius 1 is 1.09 bits per heavy atom. The molecule has 0 spiro atoms. The third-order valence-electron chi connectivity index (χ3n) is 7.38. The highest BCUT2D eigenvalue weighted by molar-refractivity contribution is 5.84. The van der Waals surface area contributed by atoms with E-state index in [9.17, 15) is 9.59 Å². The summed E-state index contributed by atoms with van der Waals surface area (Å²) in [5.74, 6) is 1.39. The maximum atomic E-state index is 12.8. The normalized spacial score (nSPS) is 21.1. The summed E-state index contributed by atoms with van der Waals surface area (Å²) in [7, 11) is 1.67. The van der Waals surface area contributed by atoms with Gasteiger partial charge in [-0.1, -0.05) is 68.1 Å². The zero-order chi connectivity index (χ0) is 22.6. The van der Waals surface area contributed by atoms with Gasteiger partial charge in [0.1, 0.15) is 5.75 Å². The summed E-state index contributed by atoms with van der Waals surface area (Å²) in [5, 5.41) is 0. The third-order valence-corrected chi connectivity index (χ3v) is 7.38. The first-order chi connectivity index (χ1) is 15.5. The zero-order valence-corrected chi connectivity index (χ0v) is 19.0. The van der Waals surface area contributed by atoms with E-state index in [1.54, 1.807) is 7.11 Å². The lowest BCUT2D eigenvalue weighted by molar-refractivity contribution is -0.132. The molecule has 1 heterocycles. The predicted molar refractivity (Wildman–Crippen MR) is 126 cm³/mol. The van der Waals surface area contributed by atoms with Crippen molar-refractivity contribution in [2.75, 3.05) is 20.2 Å². The maximum absolute atomic E-state index is 12.8. The Morgan fingerprint density at radius 2 is 1.81 bits per heavy atom. The van der Waals surface area contributed by atoms with Gasteiger partial charge in [0.25, 0.3) is 0 Å². The molecule has 0 unspecified atom stereocenters. The van der Waals surface area contributed by atoms with Crippen LogP contribution >= 0.6 is 0 Å². The second-order valence-electron chi connectivity index (χ2n) is 9.47. The highest BCUT2D eigenvalue weighted by Crippen LogP contribution is 2.36. The minimum absolute atomic E-state index is 0.173. The van der Waals surface area contributed by atoms with Crippen LogP contribution in [0.2, 0.25) is 0 Å². The van der Waals surface area contributed by atoms with Gasteiger partial charge >= 0.3 is 0 Å². The lowest BCUT2D eigenvalue weighted by Crippen LogP contribution is -2.42. The third kappa shape index (κ3) is 4.82. The Kier molecular flexibility index (Phi) is 6.83. The molecule has 2 aromatic carbocycles. The molecule has 170 valence electrons. The molecular weight excluding hydrogens is 400 g/mol. The highest BCUT2D eigenvalue weighted by Gasteiger charge is 2.44. The van der Waals surface area contributed by atoms with Gasteiger partial charge in [-0.3, -0.25) is 9.59 Å². The number of primary amides is 1. The van der Waals surface area contributed by atoms with Crippen LogP contribution < -0.4 is 10.5 Å². The Labute approximate surface area is 190 Å². The van der Waals surface area contributed by atoms with Gasteiger partial charge in [0, 0.05) is 25.1 Å². The first kappa shape index (κ1) is 22.4. The van der Waals surface area contributed by atoms with Crippen molar-refractivity contribution in [1.29, 1.82) is 0 Å². The summed E-state index contributed by atoms with van der Waals surface area (Å²) in [6.45, 7) is 1.05. The fraction of sp³-hybridized carbons (Fsp3) is 0.481. The molecule has 0 radical (unpaired) electrons. The molecule has 2 aromatic rings. The summed E-state index contributed by atoms with van der Waals surface area (Å²) >= 11 is 0. The van der Waals surface area contributed by atoms with Crippen LogP contribution in [-0.4, -0.2) is 36.9 Å². The Hall–Kier alpha value is -2.82. The Bertz CT molecular complexity index is 950. The average Bonchev–Trinajstić information content (AvgIpc) is 3.49. The molecule has 1 aliphatic carbocycles. The van der Waals surface area contributed by atoms with E-state index in [2.05, 4.69) is 24.3 Å². The van der Waals surface area contributed by atoms with Crippen molar-refractivity contribution in [1.82, 2.24) is 4.90 Å². The van der Waals surface area contributed by atoms with Crippen LogP contribution in [0, 0.1) is 11.3 Å². The van der Waals surface area contributed by atoms with Gasteiger partial charge in [-0.25, -0.2) is 0 Å². The topological polar surface area (TPSA) is 72.6 Å². The minimum atomic E-state index is -0.686. The number of nitrogens with two attached hydrogens (primary N) is 1. The van der Waals surface area contributed by atoms with Gasteiger partial charge in [0.2, 0.25) is 11.8 Å². The van der Waals surface area contributed by atoms with E-state index < -0.39 is 5.41 Å². The van der Waals surface area contributed by atoms with Crippen molar-refractivity contribution in [2.45, 2.75) is 51.4 Å². The number of likely N-dealkylation sites (tertiary alicyclic amines) is 1. The molecule has 2 amide bonds. The van der Waals surface area contributed by atoms with E-state index in [4.69, 9.17) is 10.5 Å². The fourth-order valence-corrected chi connectivity index (χ4v) is 5.38. The number of carbonyl (C=O) groups is 2. The van der Waals surface area contributed by atoms with E-state index in [1.807, 2.05) is 29.2 Å². The van der Waals surface area contributed by atoms with Crippen molar-refractivity contribution >= 4 is 11.8 Å². The zero-order valence-electron chi connectivity index (χ0n) is 19.0. The molecule has 1 atom stereocenters. The lowest BCUT2D eigenvalue weighted by atomic mass is 9.80. The van der Waals surface area contributed by atoms with E-state index in [0.29, 0.717) is 38.3 Å². The van der Waals surface area contributed by atoms with Crippen LogP contribution in [0.3, 0.4) is 0 Å². The van der Waals surface area contributed by atoms with Crippen LogP contribution in [0.15, 0.2) is 48.5 Å². The van der Waals surface area contributed by atoms with Gasteiger partial charge in [-0.2, -0.15) is 0 Å². The minimum Gasteiger partial charge on any atom is -0.496 e. The fourth-order valence-electron chi connectivity index (χ4n) is 5.38. The lowest BCUT2D eigenvalue weighted by Gasteiger charge is -2.26. The first-order valence-corrected chi connectivity index (χ1v) is 11.8. The number of para-hydroxylation sites is 1. The molecule has 1 saturated carbocycles. The molecule has 0 bridgehead atoms. The number of rotatable bonds is 8. The molecule has 0 aromatic heterocycles. The first-order valence-electron chi connectivity index (χ1n) is 11.8. The van der Waals surface area contributed by atoms with E-state index in [-0.39, 0.29) is 11.8 Å². The Balaban J connectivity index is 1.42. The van der Waals surface area contributed by atoms with Gasteiger partial charge < -0.3 is 15.4 Å². The summed E-state index contributed by atoms with van der Waals surface area (Å²) in [6.07, 6.45) is 7.85. The smallest absolute Gasteiger partial charge is 0.225 e. The number of amides is 2. The number of methoxy groups -OCH3 is 1. The second-order valence-corrected chi connectivity index (χ2v) is 9.47. The number of hydrogen-bond donors (Lipinski definition) is 1. The van der Waals surface area contributed by atoms with E-state index in [0.717, 1.165) is 28.9 Å². The van der Waals surface area contributed by atoms with Crippen molar-refractivity contribution in [2.24, 2.45) is 17.1 Å². The predicted octanol–water partition coefficient (Wildman–Crippen LogP) is 4.58. The van der Waals surface area contributed by atoms with Gasteiger partial charge in [0.15, 0.2) is 0 Å². The summed E-state index contributed by atoms with van der Waals surface area (Å²) in [5.41, 5.74) is 8.35. The summed E-state index contributed by atoms with van der Waals surface area (Å²) in [6, 6.07) is 16.1. The number of carbonyl (C=O) groups excluding carboxylic acids is 2. The molecule has 2 aliphatic rings. The molecular formula is C27H34N2O3. The van der Waals surface area contributed by atoms with Crippen molar-refractivity contribution in [3.05, 3.63) is 54.1 Å². The summed E-state index contributed by atoms with van der Waals surface area (Å²) in [4.78, 5) is 27.2. The van der Waals surface area contributed by atoms with Crippen molar-refractivity contribution in [3.63, 3.8) is 0 Å². The van der Waals surface area contributed by atoms with Crippen LogP contribution in [0.4, 0.5) is 0 Å². The molecule has 1 aliphatic heterocycles. The van der Waals surface area contributed by atoms with Gasteiger partial charge in [-0.05, 0) is 42.4 Å². The van der Waals surface area contributed by atoms with Crippen molar-refractivity contribution < 1.29 is 14.3 Å². The monoisotopic (exact) mass is 434 g/mol. The molecule has 4 rings (SSSR count). The molecule has 2 N–H and O–H groups in total. The van der Waals surface area contributed by atoms with Crippen LogP contribution in [0.1, 0.15) is 50.5 Å². The molecule has 5 heteroatoms. The van der Waals surface area contributed by atoms with E-state index in [1.165, 1.54) is 25.7 Å². The Morgan fingerprint density at radius 3 is 2.50 bits per heavy atom. The SMILES string of the molecule is COc1ccccc1-c1ccc(C[C@@]2(C(N)=O)CCN(C(=O)CCC3CCCC3)C2)cc1. The van der Waals surface area contributed by atoms with Crippen LogP contribution in [-0.2, 0) is 16.0 Å². The summed E-state index contributed by atoms with van der Waals surface area (Å²) < 4.78 is 5.47. The molecule has 1 saturated heterocycles. The number of benzene rings is 2. The van der Waals surface area contributed by atoms with Gasteiger partial charge in [0.05, 0.1) is 12.5 Å². The second kappa shape index (κ2) is 9.76. The van der Waals surface area contributed by atoms with Gasteiger partial charge in [-0.15, -0.1) is 0 Å². The van der Waals surface area contributed by atoms with E-state index >= 15 is 0 Å². The molecule has 5 nitrogen and oxygen atoms in total. The number of ether oxygens (including phenoxy) is 1. The van der Waals surface area contributed by atoms with Crippen LogP contribution in [0.25, 0.3) is 11.1 Å². The molecule has 32 heavy (non-hydrogen) atoms. The van der Waals surface area contributed by atoms with Crippen LogP contribution in [0.5, 0.6) is 5.75 Å². The standard InChI is InChI=1S/C27H34N2O3/c1-32-24-9-5-4-8-23(24)22-13-10-21(11-14-22)18-27(26(28)31)16-17-29(19-27)25(30)15-12-20-6-2-3-7-20/h4-5,8-11,13-14,20H,2-3,6-7,12,15-19H2,1H3,(H2,28,31)/t27-/m0/s1. The largest absolute Gasteiger partial charge is 0.496 e. The number of hydrogen-bond acceptors (Lipinski definition) is 3. The highest BCUT2D eigenvalue weighted by atomic mass is 16.5. The molecule has 2 fully saturated rings. The quantitative estimate of drug-likeness (QED) is 0.661. The maximum Gasteiger partial charge on any atom is 0.225 e. The van der Waals surface area contributed by atoms with Crippen molar-refractivity contribution in [3.8, 4) is 16.9 Å². The number of nitrogens with zero attached hydrogens (tertiary/aromatic N) is 1.